The van der Waals surface area contributed by atoms with Crippen molar-refractivity contribution in [3.05, 3.63) is 102 Å². The number of carbonyl (C=O) groups is 2. The lowest BCUT2D eigenvalue weighted by Crippen LogP contribution is -2.44. The number of nitrogens with zero attached hydrogens (tertiary/aromatic N) is 3. The molecule has 3 rings (SSSR count). The van der Waals surface area contributed by atoms with Gasteiger partial charge in [0, 0.05) is 37.7 Å². The molecule has 3 aromatic rings. The van der Waals surface area contributed by atoms with Gasteiger partial charge in [-0.25, -0.2) is 4.79 Å². The Hall–Kier alpha value is -3.80. The molecule has 0 saturated heterocycles. The van der Waals surface area contributed by atoms with E-state index in [1.807, 2.05) is 92.3 Å². The van der Waals surface area contributed by atoms with E-state index in [4.69, 9.17) is 0 Å². The number of anilines is 1. The van der Waals surface area contributed by atoms with Gasteiger partial charge in [-0.1, -0.05) is 48.5 Å². The molecule has 6 heteroatoms. The highest BCUT2D eigenvalue weighted by Crippen LogP contribution is 2.19. The van der Waals surface area contributed by atoms with Crippen molar-refractivity contribution in [3.8, 4) is 0 Å². The van der Waals surface area contributed by atoms with Crippen LogP contribution in [-0.2, 0) is 24.9 Å². The maximum absolute atomic E-state index is 13.4. The molecule has 0 aliphatic rings. The molecule has 0 radical (unpaired) electrons. The predicted octanol–water partition coefficient (Wildman–Crippen LogP) is 4.89. The number of hydrogen-bond acceptors (Lipinski definition) is 2. The highest BCUT2D eigenvalue weighted by atomic mass is 16.2. The van der Waals surface area contributed by atoms with Gasteiger partial charge in [0.2, 0.25) is 5.91 Å². The second-order valence-corrected chi connectivity index (χ2v) is 8.19. The van der Waals surface area contributed by atoms with Crippen molar-refractivity contribution in [2.75, 3.05) is 18.4 Å². The maximum atomic E-state index is 13.4. The molecule has 6 nitrogen and oxygen atoms in total. The quantitative estimate of drug-likeness (QED) is 0.478. The van der Waals surface area contributed by atoms with Crippen LogP contribution in [-0.4, -0.2) is 39.4 Å². The Bertz CT molecular complexity index is 1100. The number of amides is 3. The molecule has 0 spiro atoms. The predicted molar refractivity (Wildman–Crippen MR) is 133 cm³/mol. The standard InChI is InChI=1S/C27H32N4O2/c1-5-16-30(27(33)28-25-15-9-11-21(2)22(25)3)20-26(32)31(18-23-12-7-6-8-13-23)19-24-14-10-17-29(24)4/h5-15,17H,1,16,18-20H2,2-4H3,(H,28,33). The average molecular weight is 445 g/mol. The average Bonchev–Trinajstić information content (AvgIpc) is 3.21. The smallest absolute Gasteiger partial charge is 0.322 e. The summed E-state index contributed by atoms with van der Waals surface area (Å²) in [5.41, 5.74) is 4.90. The van der Waals surface area contributed by atoms with Crippen LogP contribution in [0.25, 0.3) is 0 Å². The minimum absolute atomic E-state index is 0.0417. The fourth-order valence-corrected chi connectivity index (χ4v) is 3.61. The Morgan fingerprint density at radius 3 is 2.39 bits per heavy atom. The maximum Gasteiger partial charge on any atom is 0.322 e. The van der Waals surface area contributed by atoms with Crippen LogP contribution in [0.15, 0.2) is 79.5 Å². The van der Waals surface area contributed by atoms with Crippen LogP contribution >= 0.6 is 0 Å². The lowest BCUT2D eigenvalue weighted by molar-refractivity contribution is -0.133. The van der Waals surface area contributed by atoms with Crippen LogP contribution in [0.2, 0.25) is 0 Å². The van der Waals surface area contributed by atoms with Gasteiger partial charge >= 0.3 is 6.03 Å². The number of aryl methyl sites for hydroxylation is 2. The third kappa shape index (κ3) is 6.35. The van der Waals surface area contributed by atoms with Gasteiger partial charge in [-0.2, -0.15) is 0 Å². The molecule has 2 aromatic carbocycles. The van der Waals surface area contributed by atoms with Gasteiger partial charge in [0.15, 0.2) is 0 Å². The minimum atomic E-state index is -0.324. The topological polar surface area (TPSA) is 57.6 Å². The second kappa shape index (κ2) is 11.2. The van der Waals surface area contributed by atoms with Crippen molar-refractivity contribution in [3.63, 3.8) is 0 Å². The van der Waals surface area contributed by atoms with Crippen LogP contribution < -0.4 is 5.32 Å². The Morgan fingerprint density at radius 1 is 0.970 bits per heavy atom. The van der Waals surface area contributed by atoms with Crippen LogP contribution in [0, 0.1) is 13.8 Å². The summed E-state index contributed by atoms with van der Waals surface area (Å²) >= 11 is 0. The normalized spacial score (nSPS) is 10.5. The van der Waals surface area contributed by atoms with E-state index in [0.717, 1.165) is 28.1 Å². The molecule has 172 valence electrons. The van der Waals surface area contributed by atoms with E-state index in [1.54, 1.807) is 11.0 Å². The molecule has 0 saturated carbocycles. The van der Waals surface area contributed by atoms with Crippen molar-refractivity contribution in [2.45, 2.75) is 26.9 Å². The fraction of sp³-hybridized carbons (Fsp3) is 0.259. The summed E-state index contributed by atoms with van der Waals surface area (Å²) < 4.78 is 2.00. The first-order chi connectivity index (χ1) is 15.9. The Balaban J connectivity index is 1.77. The van der Waals surface area contributed by atoms with Gasteiger partial charge in [0.1, 0.15) is 6.54 Å². The monoisotopic (exact) mass is 444 g/mol. The van der Waals surface area contributed by atoms with E-state index < -0.39 is 0 Å². The number of nitrogens with one attached hydrogen (secondary N) is 1. The van der Waals surface area contributed by atoms with Crippen molar-refractivity contribution < 1.29 is 9.59 Å². The summed E-state index contributed by atoms with van der Waals surface area (Å²) in [4.78, 5) is 29.7. The summed E-state index contributed by atoms with van der Waals surface area (Å²) in [6.07, 6.45) is 3.59. The van der Waals surface area contributed by atoms with Crippen molar-refractivity contribution in [2.24, 2.45) is 7.05 Å². The summed E-state index contributed by atoms with van der Waals surface area (Å²) in [6.45, 7) is 8.88. The zero-order valence-electron chi connectivity index (χ0n) is 19.6. The van der Waals surface area contributed by atoms with Crippen LogP contribution in [0.3, 0.4) is 0 Å². The molecular weight excluding hydrogens is 412 g/mol. The summed E-state index contributed by atoms with van der Waals surface area (Å²) in [5, 5.41) is 2.95. The largest absolute Gasteiger partial charge is 0.353 e. The third-order valence-corrected chi connectivity index (χ3v) is 5.78. The Labute approximate surface area is 196 Å². The van der Waals surface area contributed by atoms with E-state index in [9.17, 15) is 9.59 Å². The van der Waals surface area contributed by atoms with E-state index in [1.165, 1.54) is 4.90 Å². The Kier molecular flexibility index (Phi) is 8.08. The molecule has 0 unspecified atom stereocenters. The summed E-state index contributed by atoms with van der Waals surface area (Å²) in [7, 11) is 1.96. The van der Waals surface area contributed by atoms with Gasteiger partial charge in [-0.05, 0) is 48.7 Å². The number of benzene rings is 2. The van der Waals surface area contributed by atoms with Gasteiger partial charge in [-0.3, -0.25) is 4.79 Å². The minimum Gasteiger partial charge on any atom is -0.353 e. The zero-order chi connectivity index (χ0) is 23.8. The van der Waals surface area contributed by atoms with Crippen LogP contribution in [0.5, 0.6) is 0 Å². The van der Waals surface area contributed by atoms with Crippen LogP contribution in [0.4, 0.5) is 10.5 Å². The molecular formula is C27H32N4O2. The van der Waals surface area contributed by atoms with Crippen molar-refractivity contribution in [1.29, 1.82) is 0 Å². The molecule has 0 atom stereocenters. The second-order valence-electron chi connectivity index (χ2n) is 8.19. The molecule has 3 amide bonds. The van der Waals surface area contributed by atoms with Gasteiger partial charge in [-0.15, -0.1) is 6.58 Å². The third-order valence-electron chi connectivity index (χ3n) is 5.78. The molecule has 1 aromatic heterocycles. The highest BCUT2D eigenvalue weighted by Gasteiger charge is 2.22. The van der Waals surface area contributed by atoms with E-state index in [-0.39, 0.29) is 25.0 Å². The molecule has 33 heavy (non-hydrogen) atoms. The SMILES string of the molecule is C=CCN(CC(=O)N(Cc1ccccc1)Cc1cccn1C)C(=O)Nc1cccc(C)c1C. The molecule has 1 N–H and O–H groups in total. The highest BCUT2D eigenvalue weighted by molar-refractivity contribution is 5.93. The Morgan fingerprint density at radius 2 is 1.73 bits per heavy atom. The van der Waals surface area contributed by atoms with Crippen molar-refractivity contribution in [1.82, 2.24) is 14.4 Å². The van der Waals surface area contributed by atoms with Crippen molar-refractivity contribution >= 4 is 17.6 Å². The first-order valence-electron chi connectivity index (χ1n) is 11.0. The molecule has 1 heterocycles. The number of rotatable bonds is 9. The van der Waals surface area contributed by atoms with Gasteiger partial charge < -0.3 is 19.7 Å². The van der Waals surface area contributed by atoms with Gasteiger partial charge in [0.05, 0.1) is 6.54 Å². The van der Waals surface area contributed by atoms with E-state index >= 15 is 0 Å². The first-order valence-corrected chi connectivity index (χ1v) is 11.0. The lowest BCUT2D eigenvalue weighted by atomic mass is 10.1. The lowest BCUT2D eigenvalue weighted by Gasteiger charge is -2.28. The number of urea groups is 1. The number of hydrogen-bond donors (Lipinski definition) is 1. The first kappa shape index (κ1) is 23.9. The van der Waals surface area contributed by atoms with E-state index in [2.05, 4.69) is 11.9 Å². The molecule has 0 aliphatic carbocycles. The van der Waals surface area contributed by atoms with E-state index in [0.29, 0.717) is 13.1 Å². The molecule has 0 bridgehead atoms. The molecule has 0 fully saturated rings. The molecule has 0 aliphatic heterocycles. The number of carbonyl (C=O) groups excluding carboxylic acids is 2. The number of aromatic nitrogens is 1. The zero-order valence-corrected chi connectivity index (χ0v) is 19.6. The van der Waals surface area contributed by atoms with Gasteiger partial charge in [0.25, 0.3) is 0 Å². The summed E-state index contributed by atoms with van der Waals surface area (Å²) in [6, 6.07) is 19.3. The fourth-order valence-electron chi connectivity index (χ4n) is 3.61. The summed E-state index contributed by atoms with van der Waals surface area (Å²) in [5.74, 6) is -0.127. The van der Waals surface area contributed by atoms with Crippen LogP contribution in [0.1, 0.15) is 22.4 Å².